The molecule has 17 heavy (non-hydrogen) atoms. The molecule has 0 N–H and O–H groups in total. The van der Waals surface area contributed by atoms with Gasteiger partial charge in [0.25, 0.3) is 0 Å². The topological polar surface area (TPSA) is 43.6 Å². The highest BCUT2D eigenvalue weighted by atomic mass is 35.5. The fraction of sp³-hybridized carbons (Fsp3) is 0.0833. The van der Waals surface area contributed by atoms with E-state index < -0.39 is 0 Å². The lowest BCUT2D eigenvalue weighted by atomic mass is 10.1. The first-order valence-electron chi connectivity index (χ1n) is 5.16. The third-order valence-electron chi connectivity index (χ3n) is 2.60. The van der Waals surface area contributed by atoms with Crippen LogP contribution in [0.5, 0.6) is 0 Å². The maximum Gasteiger partial charge on any atom is 0.159 e. The van der Waals surface area contributed by atoms with E-state index in [0.717, 1.165) is 22.2 Å². The summed E-state index contributed by atoms with van der Waals surface area (Å²) in [4.78, 5) is 0. The third kappa shape index (κ3) is 1.66. The summed E-state index contributed by atoms with van der Waals surface area (Å²) < 4.78 is 1.74. The summed E-state index contributed by atoms with van der Waals surface area (Å²) in [7, 11) is 1.87. The summed E-state index contributed by atoms with van der Waals surface area (Å²) in [6.07, 6.45) is 1.88. The van der Waals surface area contributed by atoms with Crippen LogP contribution < -0.4 is 0 Å². The number of hydrogen-bond acceptors (Lipinski definition) is 3. The SMILES string of the molecule is Cn1ccc(-c2nnc(Cl)c3ccccc23)n1. The van der Waals surface area contributed by atoms with Crippen molar-refractivity contribution >= 4 is 22.4 Å². The Balaban J connectivity index is 2.34. The fourth-order valence-corrected chi connectivity index (χ4v) is 2.00. The molecule has 0 spiro atoms. The minimum absolute atomic E-state index is 0.417. The van der Waals surface area contributed by atoms with Crippen molar-refractivity contribution in [3.05, 3.63) is 41.7 Å². The zero-order valence-corrected chi connectivity index (χ0v) is 9.89. The van der Waals surface area contributed by atoms with Crippen molar-refractivity contribution in [1.29, 1.82) is 0 Å². The van der Waals surface area contributed by atoms with Gasteiger partial charge in [-0.25, -0.2) is 0 Å². The van der Waals surface area contributed by atoms with Crippen LogP contribution in [-0.4, -0.2) is 20.0 Å². The molecule has 0 aliphatic rings. The van der Waals surface area contributed by atoms with E-state index in [1.807, 2.05) is 43.6 Å². The molecule has 0 saturated carbocycles. The predicted octanol–water partition coefficient (Wildman–Crippen LogP) is 2.68. The summed E-state index contributed by atoms with van der Waals surface area (Å²) in [6.45, 7) is 0. The summed E-state index contributed by atoms with van der Waals surface area (Å²) in [5.41, 5.74) is 1.55. The Kier molecular flexibility index (Phi) is 2.30. The molecule has 0 aliphatic heterocycles. The lowest BCUT2D eigenvalue weighted by Gasteiger charge is -2.03. The molecule has 0 unspecified atom stereocenters. The average molecular weight is 245 g/mol. The number of nitrogens with zero attached hydrogens (tertiary/aromatic N) is 4. The molecule has 2 aromatic heterocycles. The fourth-order valence-electron chi connectivity index (χ4n) is 1.80. The quantitative estimate of drug-likeness (QED) is 0.661. The molecule has 3 aromatic rings. The highest BCUT2D eigenvalue weighted by Crippen LogP contribution is 2.28. The van der Waals surface area contributed by atoms with E-state index in [-0.39, 0.29) is 0 Å². The second kappa shape index (κ2) is 3.82. The molecule has 0 fully saturated rings. The van der Waals surface area contributed by atoms with Crippen LogP contribution in [-0.2, 0) is 7.05 Å². The summed E-state index contributed by atoms with van der Waals surface area (Å²) in [6, 6.07) is 9.69. The van der Waals surface area contributed by atoms with Gasteiger partial charge in [-0.3, -0.25) is 4.68 Å². The normalized spacial score (nSPS) is 10.9. The molecule has 0 amide bonds. The Hall–Kier alpha value is -1.94. The average Bonchev–Trinajstić information content (AvgIpc) is 2.77. The maximum atomic E-state index is 6.02. The number of fused-ring (bicyclic) bond motifs is 1. The summed E-state index contributed by atoms with van der Waals surface area (Å²) in [5.74, 6) is 0. The van der Waals surface area contributed by atoms with E-state index in [0.29, 0.717) is 5.15 Å². The monoisotopic (exact) mass is 244 g/mol. The zero-order valence-electron chi connectivity index (χ0n) is 9.13. The van der Waals surface area contributed by atoms with Crippen molar-refractivity contribution in [3.63, 3.8) is 0 Å². The lowest BCUT2D eigenvalue weighted by Crippen LogP contribution is -1.93. The van der Waals surface area contributed by atoms with E-state index >= 15 is 0 Å². The molecule has 0 radical (unpaired) electrons. The molecule has 0 atom stereocenters. The van der Waals surface area contributed by atoms with Crippen LogP contribution in [0.15, 0.2) is 36.5 Å². The van der Waals surface area contributed by atoms with Crippen molar-refractivity contribution in [3.8, 4) is 11.4 Å². The minimum atomic E-state index is 0.417. The van der Waals surface area contributed by atoms with Crippen LogP contribution in [0.2, 0.25) is 5.15 Å². The van der Waals surface area contributed by atoms with E-state index in [1.165, 1.54) is 0 Å². The van der Waals surface area contributed by atoms with Crippen molar-refractivity contribution in [2.24, 2.45) is 7.05 Å². The van der Waals surface area contributed by atoms with Crippen molar-refractivity contribution in [2.45, 2.75) is 0 Å². The van der Waals surface area contributed by atoms with Gasteiger partial charge in [0.15, 0.2) is 5.15 Å². The minimum Gasteiger partial charge on any atom is -0.275 e. The van der Waals surface area contributed by atoms with Gasteiger partial charge in [0.05, 0.1) is 0 Å². The van der Waals surface area contributed by atoms with Gasteiger partial charge in [-0.05, 0) is 6.07 Å². The Morgan fingerprint density at radius 1 is 1.06 bits per heavy atom. The Labute approximate surface area is 103 Å². The van der Waals surface area contributed by atoms with Gasteiger partial charge in [0.1, 0.15) is 11.4 Å². The highest BCUT2D eigenvalue weighted by Gasteiger charge is 2.11. The van der Waals surface area contributed by atoms with Crippen molar-refractivity contribution in [2.75, 3.05) is 0 Å². The Bertz CT molecular complexity index is 690. The first-order valence-corrected chi connectivity index (χ1v) is 5.54. The lowest BCUT2D eigenvalue weighted by molar-refractivity contribution is 0.769. The van der Waals surface area contributed by atoms with E-state index in [1.54, 1.807) is 4.68 Å². The second-order valence-corrected chi connectivity index (χ2v) is 4.12. The van der Waals surface area contributed by atoms with Crippen LogP contribution >= 0.6 is 11.6 Å². The van der Waals surface area contributed by atoms with E-state index in [2.05, 4.69) is 15.3 Å². The molecule has 5 heteroatoms. The standard InChI is InChI=1S/C12H9ClN4/c1-17-7-6-10(16-17)11-8-4-2-3-5-9(8)12(13)15-14-11/h2-7H,1H3. The van der Waals surface area contributed by atoms with Gasteiger partial charge < -0.3 is 0 Å². The van der Waals surface area contributed by atoms with Gasteiger partial charge in [0.2, 0.25) is 0 Å². The number of hydrogen-bond donors (Lipinski definition) is 0. The predicted molar refractivity (Wildman–Crippen MR) is 66.8 cm³/mol. The summed E-state index contributed by atoms with van der Waals surface area (Å²) in [5, 5.41) is 14.7. The van der Waals surface area contributed by atoms with Crippen molar-refractivity contribution in [1.82, 2.24) is 20.0 Å². The van der Waals surface area contributed by atoms with Gasteiger partial charge in [-0.1, -0.05) is 35.9 Å². The van der Waals surface area contributed by atoms with Gasteiger partial charge >= 0.3 is 0 Å². The number of aryl methyl sites for hydroxylation is 1. The van der Waals surface area contributed by atoms with Crippen LogP contribution in [0.25, 0.3) is 22.2 Å². The second-order valence-electron chi connectivity index (χ2n) is 3.76. The third-order valence-corrected chi connectivity index (χ3v) is 2.88. The number of halogens is 1. The number of aromatic nitrogens is 4. The first-order chi connectivity index (χ1) is 8.25. The molecular formula is C12H9ClN4. The first kappa shape index (κ1) is 10.2. The molecule has 3 rings (SSSR count). The van der Waals surface area contributed by atoms with E-state index in [4.69, 9.17) is 11.6 Å². The molecule has 0 aliphatic carbocycles. The van der Waals surface area contributed by atoms with Crippen LogP contribution in [0, 0.1) is 0 Å². The maximum absolute atomic E-state index is 6.02. The van der Waals surface area contributed by atoms with Gasteiger partial charge in [0, 0.05) is 24.0 Å². The molecule has 1 aromatic carbocycles. The van der Waals surface area contributed by atoms with Crippen LogP contribution in [0.3, 0.4) is 0 Å². The molecule has 4 nitrogen and oxygen atoms in total. The van der Waals surface area contributed by atoms with Crippen LogP contribution in [0.4, 0.5) is 0 Å². The smallest absolute Gasteiger partial charge is 0.159 e. The van der Waals surface area contributed by atoms with Crippen molar-refractivity contribution < 1.29 is 0 Å². The largest absolute Gasteiger partial charge is 0.275 e. The van der Waals surface area contributed by atoms with Gasteiger partial charge in [-0.2, -0.15) is 5.10 Å². The molecule has 84 valence electrons. The zero-order chi connectivity index (χ0) is 11.8. The number of benzene rings is 1. The van der Waals surface area contributed by atoms with Crippen LogP contribution in [0.1, 0.15) is 0 Å². The van der Waals surface area contributed by atoms with Gasteiger partial charge in [-0.15, -0.1) is 10.2 Å². The van der Waals surface area contributed by atoms with E-state index in [9.17, 15) is 0 Å². The Morgan fingerprint density at radius 3 is 2.53 bits per heavy atom. The highest BCUT2D eigenvalue weighted by molar-refractivity contribution is 6.34. The Morgan fingerprint density at radius 2 is 1.82 bits per heavy atom. The molecule has 0 saturated heterocycles. The summed E-state index contributed by atoms with van der Waals surface area (Å²) >= 11 is 6.02. The molecule has 2 heterocycles. The molecule has 0 bridgehead atoms. The molecular weight excluding hydrogens is 236 g/mol. The number of rotatable bonds is 1.